The van der Waals surface area contributed by atoms with E-state index in [1.54, 1.807) is 0 Å². The van der Waals surface area contributed by atoms with Crippen LogP contribution < -0.4 is 5.32 Å². The summed E-state index contributed by atoms with van der Waals surface area (Å²) in [4.78, 5) is 2.65. The van der Waals surface area contributed by atoms with Crippen LogP contribution in [0.25, 0.3) is 0 Å². The lowest BCUT2D eigenvalue weighted by Crippen LogP contribution is -2.36. The van der Waals surface area contributed by atoms with Crippen molar-refractivity contribution in [2.24, 2.45) is 11.8 Å². The Morgan fingerprint density at radius 1 is 1.28 bits per heavy atom. The molecular weight excluding hydrogens is 220 g/mol. The van der Waals surface area contributed by atoms with Gasteiger partial charge in [0.25, 0.3) is 0 Å². The van der Waals surface area contributed by atoms with E-state index in [9.17, 15) is 0 Å². The van der Waals surface area contributed by atoms with Gasteiger partial charge >= 0.3 is 0 Å². The molecule has 98 valence electrons. The molecule has 0 aromatic heterocycles. The highest BCUT2D eigenvalue weighted by atomic mass is 15.1. The van der Waals surface area contributed by atoms with Gasteiger partial charge in [-0.3, -0.25) is 4.90 Å². The van der Waals surface area contributed by atoms with Gasteiger partial charge in [-0.1, -0.05) is 30.3 Å². The van der Waals surface area contributed by atoms with Crippen LogP contribution in [-0.2, 0) is 6.54 Å². The van der Waals surface area contributed by atoms with Crippen molar-refractivity contribution < 1.29 is 0 Å². The zero-order valence-corrected chi connectivity index (χ0v) is 11.3. The van der Waals surface area contributed by atoms with Crippen LogP contribution in [0.3, 0.4) is 0 Å². The van der Waals surface area contributed by atoms with Gasteiger partial charge in [-0.25, -0.2) is 0 Å². The molecule has 0 radical (unpaired) electrons. The summed E-state index contributed by atoms with van der Waals surface area (Å²) < 4.78 is 0. The number of likely N-dealkylation sites (tertiary alicyclic amines) is 1. The van der Waals surface area contributed by atoms with E-state index in [0.29, 0.717) is 0 Å². The van der Waals surface area contributed by atoms with Crippen molar-refractivity contribution in [1.82, 2.24) is 10.2 Å². The highest BCUT2D eigenvalue weighted by Crippen LogP contribution is 2.41. The summed E-state index contributed by atoms with van der Waals surface area (Å²) in [7, 11) is 2.11. The molecule has 1 heterocycles. The van der Waals surface area contributed by atoms with Crippen LogP contribution in [0, 0.1) is 11.8 Å². The first-order valence-corrected chi connectivity index (χ1v) is 7.30. The third-order valence-corrected chi connectivity index (χ3v) is 4.61. The molecule has 1 aromatic rings. The average Bonchev–Trinajstić information content (AvgIpc) is 3.20. The first-order valence-electron chi connectivity index (χ1n) is 7.30. The van der Waals surface area contributed by atoms with Crippen LogP contribution in [0.5, 0.6) is 0 Å². The largest absolute Gasteiger partial charge is 0.317 e. The first kappa shape index (κ1) is 12.2. The van der Waals surface area contributed by atoms with E-state index in [4.69, 9.17) is 0 Å². The topological polar surface area (TPSA) is 15.3 Å². The van der Waals surface area contributed by atoms with Crippen molar-refractivity contribution in [2.75, 3.05) is 20.1 Å². The lowest BCUT2D eigenvalue weighted by atomic mass is 9.92. The minimum absolute atomic E-state index is 0.812. The Bertz CT molecular complexity index is 376. The average molecular weight is 244 g/mol. The van der Waals surface area contributed by atoms with Gasteiger partial charge in [0.15, 0.2) is 0 Å². The zero-order valence-electron chi connectivity index (χ0n) is 11.3. The highest BCUT2D eigenvalue weighted by Gasteiger charge is 2.42. The summed E-state index contributed by atoms with van der Waals surface area (Å²) in [5.74, 6) is 1.88. The van der Waals surface area contributed by atoms with E-state index in [1.807, 2.05) is 0 Å². The van der Waals surface area contributed by atoms with Crippen LogP contribution in [-0.4, -0.2) is 31.1 Å². The number of benzene rings is 1. The van der Waals surface area contributed by atoms with Gasteiger partial charge in [-0.15, -0.1) is 0 Å². The number of rotatable bonds is 4. The smallest absolute Gasteiger partial charge is 0.0233 e. The van der Waals surface area contributed by atoms with E-state index in [2.05, 4.69) is 47.6 Å². The van der Waals surface area contributed by atoms with Crippen molar-refractivity contribution in [2.45, 2.75) is 31.8 Å². The fourth-order valence-electron chi connectivity index (χ4n) is 3.49. The molecule has 2 heteroatoms. The fraction of sp³-hybridized carbons (Fsp3) is 0.625. The number of hydrogen-bond donors (Lipinski definition) is 1. The maximum Gasteiger partial charge on any atom is 0.0233 e. The third kappa shape index (κ3) is 2.76. The predicted molar refractivity (Wildman–Crippen MR) is 75.4 cm³/mol. The van der Waals surface area contributed by atoms with E-state index in [-0.39, 0.29) is 0 Å². The maximum absolute atomic E-state index is 3.43. The summed E-state index contributed by atoms with van der Waals surface area (Å²) in [6, 6.07) is 11.7. The highest BCUT2D eigenvalue weighted by molar-refractivity contribution is 5.14. The lowest BCUT2D eigenvalue weighted by Gasteiger charge is -2.33. The number of nitrogens with one attached hydrogen (secondary N) is 1. The molecule has 2 aliphatic rings. The monoisotopic (exact) mass is 244 g/mol. The summed E-state index contributed by atoms with van der Waals surface area (Å²) in [5, 5.41) is 3.43. The summed E-state index contributed by atoms with van der Waals surface area (Å²) in [6.45, 7) is 3.72. The van der Waals surface area contributed by atoms with Crippen LogP contribution >= 0.6 is 0 Å². The molecule has 0 amide bonds. The Kier molecular flexibility index (Phi) is 3.67. The normalized spacial score (nSPS) is 32.4. The van der Waals surface area contributed by atoms with E-state index in [1.165, 1.54) is 37.9 Å². The fourth-order valence-corrected chi connectivity index (χ4v) is 3.49. The molecule has 1 aliphatic carbocycles. The van der Waals surface area contributed by atoms with Crippen molar-refractivity contribution in [3.05, 3.63) is 35.9 Å². The second-order valence-electron chi connectivity index (χ2n) is 5.92. The van der Waals surface area contributed by atoms with Crippen molar-refractivity contribution in [3.63, 3.8) is 0 Å². The Balaban J connectivity index is 1.54. The zero-order chi connectivity index (χ0) is 12.4. The van der Waals surface area contributed by atoms with Gasteiger partial charge in [0.2, 0.25) is 0 Å². The molecule has 18 heavy (non-hydrogen) atoms. The maximum atomic E-state index is 3.43. The molecule has 3 unspecified atom stereocenters. The minimum atomic E-state index is 0.812. The SMILES string of the molecule is CNC1CC1C1CCCN(Cc2ccccc2)C1. The molecule has 1 saturated heterocycles. The Hall–Kier alpha value is -0.860. The van der Waals surface area contributed by atoms with E-state index >= 15 is 0 Å². The van der Waals surface area contributed by atoms with Crippen LogP contribution in [0.4, 0.5) is 0 Å². The molecule has 3 atom stereocenters. The van der Waals surface area contributed by atoms with Gasteiger partial charge in [0, 0.05) is 19.1 Å². The van der Waals surface area contributed by atoms with Gasteiger partial charge in [-0.2, -0.15) is 0 Å². The number of nitrogens with zero attached hydrogens (tertiary/aromatic N) is 1. The van der Waals surface area contributed by atoms with Crippen molar-refractivity contribution in [3.8, 4) is 0 Å². The van der Waals surface area contributed by atoms with Crippen molar-refractivity contribution in [1.29, 1.82) is 0 Å². The van der Waals surface area contributed by atoms with Crippen LogP contribution in [0.2, 0.25) is 0 Å². The quantitative estimate of drug-likeness (QED) is 0.875. The Labute approximate surface area is 110 Å². The summed E-state index contributed by atoms with van der Waals surface area (Å²) in [6.07, 6.45) is 4.22. The second-order valence-corrected chi connectivity index (χ2v) is 5.92. The molecule has 1 aromatic carbocycles. The molecule has 2 nitrogen and oxygen atoms in total. The molecule has 0 spiro atoms. The molecule has 1 aliphatic heterocycles. The molecular formula is C16H24N2. The third-order valence-electron chi connectivity index (χ3n) is 4.61. The first-order chi connectivity index (χ1) is 8.86. The van der Waals surface area contributed by atoms with Gasteiger partial charge in [0.05, 0.1) is 0 Å². The predicted octanol–water partition coefficient (Wildman–Crippen LogP) is 2.51. The van der Waals surface area contributed by atoms with E-state index in [0.717, 1.165) is 24.4 Å². The van der Waals surface area contributed by atoms with Gasteiger partial charge < -0.3 is 5.32 Å². The Morgan fingerprint density at radius 2 is 2.11 bits per heavy atom. The number of piperidine rings is 1. The van der Waals surface area contributed by atoms with Crippen LogP contribution in [0.1, 0.15) is 24.8 Å². The lowest BCUT2D eigenvalue weighted by molar-refractivity contribution is 0.152. The standard InChI is InChI=1S/C16H24N2/c1-17-16-10-15(16)14-8-5-9-18(12-14)11-13-6-3-2-4-7-13/h2-4,6-7,14-17H,5,8-12H2,1H3. The molecule has 1 N–H and O–H groups in total. The van der Waals surface area contributed by atoms with Gasteiger partial charge in [-0.05, 0) is 50.3 Å². The van der Waals surface area contributed by atoms with Crippen LogP contribution in [0.15, 0.2) is 30.3 Å². The summed E-state index contributed by atoms with van der Waals surface area (Å²) >= 11 is 0. The molecule has 1 saturated carbocycles. The molecule has 2 fully saturated rings. The second kappa shape index (κ2) is 5.41. The van der Waals surface area contributed by atoms with Gasteiger partial charge in [0.1, 0.15) is 0 Å². The van der Waals surface area contributed by atoms with Crippen molar-refractivity contribution >= 4 is 0 Å². The Morgan fingerprint density at radius 3 is 2.83 bits per heavy atom. The minimum Gasteiger partial charge on any atom is -0.317 e. The number of hydrogen-bond acceptors (Lipinski definition) is 2. The van der Waals surface area contributed by atoms with E-state index < -0.39 is 0 Å². The molecule has 3 rings (SSSR count). The summed E-state index contributed by atoms with van der Waals surface area (Å²) in [5.41, 5.74) is 1.46. The molecule has 0 bridgehead atoms.